The molecule has 2 rings (SSSR count). The van der Waals surface area contributed by atoms with E-state index in [4.69, 9.17) is 9.63 Å². The Labute approximate surface area is 123 Å². The molecule has 0 aliphatic heterocycles. The van der Waals surface area contributed by atoms with Gasteiger partial charge < -0.3 is 14.9 Å². The summed E-state index contributed by atoms with van der Waals surface area (Å²) in [5, 5.41) is 15.1. The molecule has 0 bridgehead atoms. The number of rotatable bonds is 3. The highest BCUT2D eigenvalue weighted by atomic mass is 16.5. The predicted octanol–water partition coefficient (Wildman–Crippen LogP) is 2.28. The first-order valence-corrected chi connectivity index (χ1v) is 6.55. The first kappa shape index (κ1) is 14.8. The number of aromatic nitrogens is 1. The maximum absolute atomic E-state index is 12.0. The van der Waals surface area contributed by atoms with E-state index in [1.165, 1.54) is 6.20 Å². The van der Waals surface area contributed by atoms with Crippen LogP contribution in [0.2, 0.25) is 0 Å². The number of anilines is 1. The lowest BCUT2D eigenvalue weighted by Crippen LogP contribution is -2.13. The molecule has 0 aliphatic carbocycles. The maximum atomic E-state index is 12.0. The third-order valence-electron chi connectivity index (χ3n) is 2.90. The predicted molar refractivity (Wildman–Crippen MR) is 79.0 cm³/mol. The lowest BCUT2D eigenvalue weighted by atomic mass is 10.1. The molecule has 0 fully saturated rings. The molecule has 108 valence electrons. The van der Waals surface area contributed by atoms with Gasteiger partial charge in [-0.05, 0) is 37.6 Å². The van der Waals surface area contributed by atoms with E-state index in [1.807, 2.05) is 19.1 Å². The van der Waals surface area contributed by atoms with Gasteiger partial charge in [-0.15, -0.1) is 0 Å². The molecule has 0 saturated heterocycles. The van der Waals surface area contributed by atoms with Gasteiger partial charge in [0.2, 0.25) is 5.76 Å². The molecule has 0 radical (unpaired) electrons. The fraction of sp³-hybridized carbons (Fsp3) is 0.250. The van der Waals surface area contributed by atoms with Crippen LogP contribution in [0, 0.1) is 25.7 Å². The topological polar surface area (TPSA) is 75.4 Å². The number of benzene rings is 1. The van der Waals surface area contributed by atoms with Crippen molar-refractivity contribution in [3.05, 3.63) is 46.8 Å². The van der Waals surface area contributed by atoms with Gasteiger partial charge in [0, 0.05) is 23.2 Å². The van der Waals surface area contributed by atoms with E-state index in [0.717, 1.165) is 11.1 Å². The first-order chi connectivity index (χ1) is 10.1. The van der Waals surface area contributed by atoms with Crippen molar-refractivity contribution >= 4 is 11.6 Å². The molecule has 1 aromatic carbocycles. The highest BCUT2D eigenvalue weighted by Gasteiger charge is 2.14. The fourth-order valence-corrected chi connectivity index (χ4v) is 1.79. The van der Waals surface area contributed by atoms with Crippen LogP contribution < -0.4 is 5.32 Å². The van der Waals surface area contributed by atoms with Gasteiger partial charge in [0.1, 0.15) is 0 Å². The number of hydrogen-bond acceptors (Lipinski definition) is 4. The molecule has 0 aliphatic rings. The van der Waals surface area contributed by atoms with Gasteiger partial charge in [-0.3, -0.25) is 4.79 Å². The number of carbonyl (C=O) groups excluding carboxylic acids is 1. The summed E-state index contributed by atoms with van der Waals surface area (Å²) < 4.78 is 4.92. The zero-order valence-electron chi connectivity index (χ0n) is 11.9. The van der Waals surface area contributed by atoms with Crippen LogP contribution >= 0.6 is 0 Å². The Morgan fingerprint density at radius 1 is 1.38 bits per heavy atom. The molecule has 1 amide bonds. The van der Waals surface area contributed by atoms with Gasteiger partial charge in [0.25, 0.3) is 5.91 Å². The molecule has 0 spiro atoms. The Bertz CT molecular complexity index is 708. The minimum absolute atomic E-state index is 0.0522. The maximum Gasteiger partial charge on any atom is 0.294 e. The van der Waals surface area contributed by atoms with Crippen LogP contribution in [-0.2, 0) is 0 Å². The van der Waals surface area contributed by atoms with Crippen molar-refractivity contribution in [3.63, 3.8) is 0 Å². The van der Waals surface area contributed by atoms with Crippen LogP contribution in [0.5, 0.6) is 0 Å². The highest BCUT2D eigenvalue weighted by molar-refractivity contribution is 6.03. The summed E-state index contributed by atoms with van der Waals surface area (Å²) >= 11 is 0. The monoisotopic (exact) mass is 284 g/mol. The number of aryl methyl sites for hydroxylation is 2. The Balaban J connectivity index is 2.13. The molecule has 1 aromatic heterocycles. The van der Waals surface area contributed by atoms with E-state index in [9.17, 15) is 4.79 Å². The summed E-state index contributed by atoms with van der Waals surface area (Å²) in [4.78, 5) is 12.0. The Morgan fingerprint density at radius 3 is 2.81 bits per heavy atom. The third-order valence-corrected chi connectivity index (χ3v) is 2.90. The first-order valence-electron chi connectivity index (χ1n) is 6.55. The van der Waals surface area contributed by atoms with Gasteiger partial charge in [0.15, 0.2) is 0 Å². The lowest BCUT2D eigenvalue weighted by Gasteiger charge is -2.07. The molecule has 0 saturated carbocycles. The molecule has 2 aromatic rings. The van der Waals surface area contributed by atoms with Gasteiger partial charge in [-0.1, -0.05) is 17.0 Å². The molecule has 2 N–H and O–H groups in total. The molecule has 21 heavy (non-hydrogen) atoms. The summed E-state index contributed by atoms with van der Waals surface area (Å²) in [6.07, 6.45) is 1.95. The van der Waals surface area contributed by atoms with Crippen LogP contribution in [0.1, 0.15) is 33.7 Å². The van der Waals surface area contributed by atoms with Crippen molar-refractivity contribution in [2.24, 2.45) is 0 Å². The van der Waals surface area contributed by atoms with Gasteiger partial charge in [-0.25, -0.2) is 0 Å². The second-order valence-electron chi connectivity index (χ2n) is 4.60. The van der Waals surface area contributed by atoms with Crippen molar-refractivity contribution in [2.75, 3.05) is 11.9 Å². The number of aliphatic hydroxyl groups excluding tert-OH is 1. The zero-order chi connectivity index (χ0) is 15.2. The minimum Gasteiger partial charge on any atom is -0.395 e. The molecule has 5 heteroatoms. The van der Waals surface area contributed by atoms with E-state index in [1.54, 1.807) is 13.0 Å². The SMILES string of the molecule is Cc1cc(C#CCCO)ccc1NC(=O)c1oncc1C. The molecular weight excluding hydrogens is 268 g/mol. The molecule has 0 atom stereocenters. The second-order valence-corrected chi connectivity index (χ2v) is 4.60. The molecule has 1 heterocycles. The van der Waals surface area contributed by atoms with Crippen LogP contribution in [0.3, 0.4) is 0 Å². The van der Waals surface area contributed by atoms with Gasteiger partial charge in [-0.2, -0.15) is 0 Å². The highest BCUT2D eigenvalue weighted by Crippen LogP contribution is 2.18. The third kappa shape index (κ3) is 3.71. The summed E-state index contributed by atoms with van der Waals surface area (Å²) in [6.45, 7) is 3.70. The zero-order valence-corrected chi connectivity index (χ0v) is 11.9. The van der Waals surface area contributed by atoms with E-state index in [2.05, 4.69) is 22.3 Å². The Hall–Kier alpha value is -2.58. The van der Waals surface area contributed by atoms with Crippen LogP contribution in [0.15, 0.2) is 28.9 Å². The van der Waals surface area contributed by atoms with Crippen molar-refractivity contribution in [2.45, 2.75) is 20.3 Å². The Kier molecular flexibility index (Phi) is 4.75. The van der Waals surface area contributed by atoms with Crippen molar-refractivity contribution in [1.82, 2.24) is 5.16 Å². The largest absolute Gasteiger partial charge is 0.395 e. The molecular formula is C16H16N2O3. The average Bonchev–Trinajstić information content (AvgIpc) is 2.88. The van der Waals surface area contributed by atoms with Crippen LogP contribution in [0.4, 0.5) is 5.69 Å². The Morgan fingerprint density at radius 2 is 2.19 bits per heavy atom. The normalized spacial score (nSPS) is 9.86. The minimum atomic E-state index is -0.327. The fourth-order valence-electron chi connectivity index (χ4n) is 1.79. The number of hydrogen-bond donors (Lipinski definition) is 2. The average molecular weight is 284 g/mol. The molecule has 0 unspecified atom stereocenters. The van der Waals surface area contributed by atoms with Crippen molar-refractivity contribution < 1.29 is 14.4 Å². The van der Waals surface area contributed by atoms with Crippen LogP contribution in [0.25, 0.3) is 0 Å². The number of aliphatic hydroxyl groups is 1. The van der Waals surface area contributed by atoms with Gasteiger partial charge >= 0.3 is 0 Å². The second kappa shape index (κ2) is 6.73. The van der Waals surface area contributed by atoms with Crippen LogP contribution in [-0.4, -0.2) is 22.8 Å². The summed E-state index contributed by atoms with van der Waals surface area (Å²) in [7, 11) is 0. The van der Waals surface area contributed by atoms with E-state index in [-0.39, 0.29) is 18.3 Å². The van der Waals surface area contributed by atoms with E-state index < -0.39 is 0 Å². The standard InChI is InChI=1S/C16H16N2O3/c1-11-9-13(5-3-4-8-19)6-7-14(11)18-16(20)15-12(2)10-17-21-15/h6-7,9-10,19H,4,8H2,1-2H3,(H,18,20). The smallest absolute Gasteiger partial charge is 0.294 e. The quantitative estimate of drug-likeness (QED) is 0.848. The number of nitrogens with one attached hydrogen (secondary N) is 1. The number of amides is 1. The van der Waals surface area contributed by atoms with Gasteiger partial charge in [0.05, 0.1) is 12.8 Å². The summed E-state index contributed by atoms with van der Waals surface area (Å²) in [5.74, 6) is 5.69. The van der Waals surface area contributed by atoms with E-state index in [0.29, 0.717) is 17.7 Å². The van der Waals surface area contributed by atoms with Crippen molar-refractivity contribution in [3.8, 4) is 11.8 Å². The van der Waals surface area contributed by atoms with E-state index >= 15 is 0 Å². The number of carbonyl (C=O) groups is 1. The molecule has 5 nitrogen and oxygen atoms in total. The number of nitrogens with zero attached hydrogens (tertiary/aromatic N) is 1. The van der Waals surface area contributed by atoms with Crippen molar-refractivity contribution in [1.29, 1.82) is 0 Å². The summed E-state index contributed by atoms with van der Waals surface area (Å²) in [5.41, 5.74) is 3.13. The lowest BCUT2D eigenvalue weighted by molar-refractivity contribution is 0.0987. The summed E-state index contributed by atoms with van der Waals surface area (Å²) in [6, 6.07) is 5.50.